The van der Waals surface area contributed by atoms with E-state index in [1.165, 1.54) is 0 Å². The second kappa shape index (κ2) is 7.48. The molecule has 1 aromatic carbocycles. The molecule has 0 saturated carbocycles. The summed E-state index contributed by atoms with van der Waals surface area (Å²) in [5.74, 6) is 2.78. The second-order valence-corrected chi connectivity index (χ2v) is 7.38. The van der Waals surface area contributed by atoms with Gasteiger partial charge >= 0.3 is 0 Å². The minimum absolute atomic E-state index is 0.0197. The van der Waals surface area contributed by atoms with Gasteiger partial charge in [0.2, 0.25) is 5.82 Å². The third-order valence-electron chi connectivity index (χ3n) is 5.43. The number of aromatic nitrogens is 3. The highest BCUT2D eigenvalue weighted by atomic mass is 16.5. The van der Waals surface area contributed by atoms with Gasteiger partial charge in [0.1, 0.15) is 11.6 Å². The molecule has 0 unspecified atom stereocenters. The van der Waals surface area contributed by atoms with E-state index >= 15 is 0 Å². The van der Waals surface area contributed by atoms with Gasteiger partial charge in [0.15, 0.2) is 0 Å². The van der Waals surface area contributed by atoms with Gasteiger partial charge in [0.05, 0.1) is 6.61 Å². The van der Waals surface area contributed by atoms with Crippen molar-refractivity contribution in [2.75, 3.05) is 19.7 Å². The molecule has 1 amide bonds. The Balaban J connectivity index is 1.39. The van der Waals surface area contributed by atoms with Gasteiger partial charge in [-0.25, -0.2) is 0 Å². The topological polar surface area (TPSA) is 60.2 Å². The Bertz CT molecular complexity index is 786. The number of hydrogen-bond acceptors (Lipinski definition) is 4. The maximum Gasteiger partial charge on any atom is 0.291 e. The van der Waals surface area contributed by atoms with Gasteiger partial charge in [0, 0.05) is 32.0 Å². The molecule has 0 N–H and O–H groups in total. The summed E-state index contributed by atoms with van der Waals surface area (Å²) in [5.41, 5.74) is 1.14. The zero-order valence-electron chi connectivity index (χ0n) is 15.4. The summed E-state index contributed by atoms with van der Waals surface area (Å²) in [7, 11) is 0. The van der Waals surface area contributed by atoms with Crippen LogP contribution >= 0.6 is 0 Å². The van der Waals surface area contributed by atoms with Gasteiger partial charge < -0.3 is 14.2 Å². The molecular formula is C20H26N4O2. The number of nitrogens with zero attached hydrogens (tertiary/aromatic N) is 4. The van der Waals surface area contributed by atoms with E-state index in [0.717, 1.165) is 68.9 Å². The molecular weight excluding hydrogens is 328 g/mol. The monoisotopic (exact) mass is 354 g/mol. The van der Waals surface area contributed by atoms with Crippen molar-refractivity contribution in [1.82, 2.24) is 19.7 Å². The third kappa shape index (κ3) is 3.45. The number of fused-ring (bicyclic) bond motifs is 1. The highest BCUT2D eigenvalue weighted by Crippen LogP contribution is 2.23. The first-order valence-corrected chi connectivity index (χ1v) is 9.62. The van der Waals surface area contributed by atoms with E-state index < -0.39 is 0 Å². The number of ether oxygens (including phenoxy) is 1. The summed E-state index contributed by atoms with van der Waals surface area (Å²) in [6.07, 6.45) is 5.25. The minimum Gasteiger partial charge on any atom is -0.493 e. The van der Waals surface area contributed by atoms with Crippen LogP contribution < -0.4 is 4.74 Å². The number of aryl methyl sites for hydroxylation is 2. The Morgan fingerprint density at radius 2 is 2.08 bits per heavy atom. The van der Waals surface area contributed by atoms with Crippen LogP contribution in [0.25, 0.3) is 0 Å². The largest absolute Gasteiger partial charge is 0.493 e. The number of amides is 1. The van der Waals surface area contributed by atoms with Gasteiger partial charge in [-0.15, -0.1) is 10.2 Å². The lowest BCUT2D eigenvalue weighted by Crippen LogP contribution is -2.42. The molecule has 2 aromatic rings. The fraction of sp³-hybridized carbons (Fsp3) is 0.550. The summed E-state index contributed by atoms with van der Waals surface area (Å²) >= 11 is 0. The summed E-state index contributed by atoms with van der Waals surface area (Å²) in [6, 6.07) is 8.07. The van der Waals surface area contributed by atoms with Crippen LogP contribution in [0.5, 0.6) is 5.75 Å². The molecule has 138 valence electrons. The van der Waals surface area contributed by atoms with Crippen molar-refractivity contribution in [3.05, 3.63) is 41.5 Å². The van der Waals surface area contributed by atoms with Crippen molar-refractivity contribution in [3.63, 3.8) is 0 Å². The van der Waals surface area contributed by atoms with Crippen LogP contribution in [0.2, 0.25) is 0 Å². The number of carbonyl (C=O) groups excluding carboxylic acids is 1. The number of likely N-dealkylation sites (tertiary alicyclic amines) is 1. The van der Waals surface area contributed by atoms with Crippen molar-refractivity contribution in [2.24, 2.45) is 5.92 Å². The normalized spacial score (nSPS) is 19.9. The molecule has 0 bridgehead atoms. The second-order valence-electron chi connectivity index (χ2n) is 7.38. The van der Waals surface area contributed by atoms with Gasteiger partial charge in [0.25, 0.3) is 5.91 Å². The lowest BCUT2D eigenvalue weighted by atomic mass is 9.99. The van der Waals surface area contributed by atoms with E-state index in [9.17, 15) is 4.79 Å². The zero-order chi connectivity index (χ0) is 17.9. The Kier molecular flexibility index (Phi) is 4.91. The van der Waals surface area contributed by atoms with E-state index in [-0.39, 0.29) is 5.91 Å². The number of carbonyl (C=O) groups is 1. The van der Waals surface area contributed by atoms with Gasteiger partial charge in [-0.2, -0.15) is 0 Å². The van der Waals surface area contributed by atoms with Crippen LogP contribution in [0.1, 0.15) is 47.7 Å². The molecule has 0 aliphatic carbocycles. The van der Waals surface area contributed by atoms with Crippen LogP contribution in [-0.4, -0.2) is 45.3 Å². The summed E-state index contributed by atoms with van der Waals surface area (Å²) in [6.45, 7) is 5.08. The molecule has 1 fully saturated rings. The molecule has 26 heavy (non-hydrogen) atoms. The van der Waals surface area contributed by atoms with E-state index in [0.29, 0.717) is 18.3 Å². The fourth-order valence-electron chi connectivity index (χ4n) is 3.92. The smallest absolute Gasteiger partial charge is 0.291 e. The number of benzene rings is 1. The lowest BCUT2D eigenvalue weighted by Gasteiger charge is -2.32. The standard InChI is InChI=1S/C20H26N4O2/c1-15-7-2-3-9-17(15)26-14-16-8-6-11-23(13-16)20(25)19-22-21-18-10-4-5-12-24(18)19/h2-3,7,9,16H,4-6,8,10-14H2,1H3/t16-/m1/s1. The van der Waals surface area contributed by atoms with Crippen molar-refractivity contribution in [2.45, 2.75) is 45.6 Å². The Morgan fingerprint density at radius 1 is 1.19 bits per heavy atom. The summed E-state index contributed by atoms with van der Waals surface area (Å²) < 4.78 is 8.03. The maximum atomic E-state index is 13.0. The Labute approximate surface area is 154 Å². The number of para-hydroxylation sites is 1. The highest BCUT2D eigenvalue weighted by Gasteiger charge is 2.29. The molecule has 0 spiro atoms. The molecule has 6 nitrogen and oxygen atoms in total. The number of rotatable bonds is 4. The first kappa shape index (κ1) is 17.1. The fourth-order valence-corrected chi connectivity index (χ4v) is 3.92. The van der Waals surface area contributed by atoms with Crippen LogP contribution in [0, 0.1) is 12.8 Å². The molecule has 2 aliphatic heterocycles. The molecule has 1 atom stereocenters. The van der Waals surface area contributed by atoms with Crippen molar-refractivity contribution in [1.29, 1.82) is 0 Å². The van der Waals surface area contributed by atoms with Crippen molar-refractivity contribution in [3.8, 4) is 5.75 Å². The Morgan fingerprint density at radius 3 is 2.96 bits per heavy atom. The first-order valence-electron chi connectivity index (χ1n) is 9.62. The SMILES string of the molecule is Cc1ccccc1OC[C@@H]1CCCN(C(=O)c2nnc3n2CCCC3)C1. The predicted molar refractivity (Wildman–Crippen MR) is 98.3 cm³/mol. The highest BCUT2D eigenvalue weighted by molar-refractivity contribution is 5.90. The number of piperidine rings is 1. The van der Waals surface area contributed by atoms with Gasteiger partial charge in [-0.05, 0) is 44.2 Å². The molecule has 4 rings (SSSR count). The van der Waals surface area contributed by atoms with Crippen LogP contribution in [0.15, 0.2) is 24.3 Å². The number of hydrogen-bond donors (Lipinski definition) is 0. The maximum absolute atomic E-state index is 13.0. The summed E-state index contributed by atoms with van der Waals surface area (Å²) in [5, 5.41) is 8.41. The average Bonchev–Trinajstić information content (AvgIpc) is 3.11. The van der Waals surface area contributed by atoms with Crippen LogP contribution in [0.3, 0.4) is 0 Å². The Hall–Kier alpha value is -2.37. The van der Waals surface area contributed by atoms with Crippen molar-refractivity contribution >= 4 is 5.91 Å². The first-order chi connectivity index (χ1) is 12.7. The zero-order valence-corrected chi connectivity index (χ0v) is 15.4. The van der Waals surface area contributed by atoms with E-state index in [4.69, 9.17) is 4.74 Å². The van der Waals surface area contributed by atoms with Gasteiger partial charge in [-0.3, -0.25) is 4.79 Å². The third-order valence-corrected chi connectivity index (χ3v) is 5.43. The van der Waals surface area contributed by atoms with Crippen molar-refractivity contribution < 1.29 is 9.53 Å². The molecule has 1 saturated heterocycles. The molecule has 6 heteroatoms. The van der Waals surface area contributed by atoms with E-state index in [2.05, 4.69) is 23.2 Å². The average molecular weight is 354 g/mol. The van der Waals surface area contributed by atoms with E-state index in [1.807, 2.05) is 27.7 Å². The quantitative estimate of drug-likeness (QED) is 0.847. The van der Waals surface area contributed by atoms with E-state index in [1.54, 1.807) is 0 Å². The summed E-state index contributed by atoms with van der Waals surface area (Å²) in [4.78, 5) is 14.9. The van der Waals surface area contributed by atoms with Gasteiger partial charge in [-0.1, -0.05) is 18.2 Å². The predicted octanol–water partition coefficient (Wildman–Crippen LogP) is 2.85. The molecule has 2 aliphatic rings. The van der Waals surface area contributed by atoms with Crippen LogP contribution in [0.4, 0.5) is 0 Å². The molecule has 1 aromatic heterocycles. The lowest BCUT2D eigenvalue weighted by molar-refractivity contribution is 0.0614. The molecule has 3 heterocycles. The van der Waals surface area contributed by atoms with Crippen LogP contribution in [-0.2, 0) is 13.0 Å². The molecule has 0 radical (unpaired) electrons. The minimum atomic E-state index is 0.0197.